The Hall–Kier alpha value is -1.74. The average molecular weight is 340 g/mol. The maximum Gasteiger partial charge on any atom is 0.272 e. The summed E-state index contributed by atoms with van der Waals surface area (Å²) in [4.78, 5) is 24.4. The van der Waals surface area contributed by atoms with Crippen molar-refractivity contribution in [3.63, 3.8) is 0 Å². The number of nitrogens with zero attached hydrogens (tertiary/aromatic N) is 4. The highest BCUT2D eigenvalue weighted by Gasteiger charge is 2.32. The third kappa shape index (κ3) is 3.61. The molecule has 8 nitrogen and oxygen atoms in total. The highest BCUT2D eigenvalue weighted by Crippen LogP contribution is 2.20. The number of ether oxygens (including phenoxy) is 1. The van der Waals surface area contributed by atoms with Crippen LogP contribution in [0.1, 0.15) is 16.9 Å². The molecular formula is C14H20N4O4S. The molecule has 0 aromatic carbocycles. The SMILES string of the molecule is CN(c1nccc(C(=O)N2CCOCC2)n1)C1CCS(=O)(=O)C1. The lowest BCUT2D eigenvalue weighted by Gasteiger charge is -2.27. The lowest BCUT2D eigenvalue weighted by molar-refractivity contribution is 0.0299. The molecule has 126 valence electrons. The predicted octanol–water partition coefficient (Wildman–Crippen LogP) is -0.428. The highest BCUT2D eigenvalue weighted by atomic mass is 32.2. The largest absolute Gasteiger partial charge is 0.378 e. The van der Waals surface area contributed by atoms with Crippen molar-refractivity contribution >= 4 is 21.7 Å². The van der Waals surface area contributed by atoms with Gasteiger partial charge in [-0.3, -0.25) is 4.79 Å². The number of hydrogen-bond donors (Lipinski definition) is 0. The molecule has 1 unspecified atom stereocenters. The molecule has 0 saturated carbocycles. The number of anilines is 1. The van der Waals surface area contributed by atoms with E-state index in [1.165, 1.54) is 6.20 Å². The molecule has 0 bridgehead atoms. The van der Waals surface area contributed by atoms with Gasteiger partial charge in [0.1, 0.15) is 5.69 Å². The summed E-state index contributed by atoms with van der Waals surface area (Å²) >= 11 is 0. The van der Waals surface area contributed by atoms with Gasteiger partial charge < -0.3 is 14.5 Å². The summed E-state index contributed by atoms with van der Waals surface area (Å²) in [6, 6.07) is 1.44. The third-order valence-electron chi connectivity index (χ3n) is 4.23. The van der Waals surface area contributed by atoms with Gasteiger partial charge in [-0.05, 0) is 12.5 Å². The molecule has 2 aliphatic heterocycles. The van der Waals surface area contributed by atoms with Crippen molar-refractivity contribution in [3.05, 3.63) is 18.0 Å². The van der Waals surface area contributed by atoms with Gasteiger partial charge in [-0.25, -0.2) is 18.4 Å². The molecule has 1 aromatic heterocycles. The zero-order valence-corrected chi connectivity index (χ0v) is 13.8. The molecule has 9 heteroatoms. The van der Waals surface area contributed by atoms with Crippen LogP contribution in [0.4, 0.5) is 5.95 Å². The van der Waals surface area contributed by atoms with E-state index in [4.69, 9.17) is 4.74 Å². The number of sulfone groups is 1. The van der Waals surface area contributed by atoms with Gasteiger partial charge in [0.05, 0.1) is 24.7 Å². The molecule has 1 aromatic rings. The van der Waals surface area contributed by atoms with E-state index in [1.807, 2.05) is 0 Å². The third-order valence-corrected chi connectivity index (χ3v) is 5.98. The Morgan fingerprint density at radius 2 is 2.13 bits per heavy atom. The first-order chi connectivity index (χ1) is 11.0. The van der Waals surface area contributed by atoms with Crippen molar-refractivity contribution in [1.82, 2.24) is 14.9 Å². The maximum absolute atomic E-state index is 12.5. The van der Waals surface area contributed by atoms with E-state index >= 15 is 0 Å². The minimum atomic E-state index is -2.98. The van der Waals surface area contributed by atoms with E-state index in [0.717, 1.165) is 0 Å². The Bertz CT molecular complexity index is 688. The molecule has 0 spiro atoms. The minimum absolute atomic E-state index is 0.106. The number of rotatable bonds is 3. The molecule has 2 fully saturated rings. The molecule has 23 heavy (non-hydrogen) atoms. The second-order valence-corrected chi connectivity index (χ2v) is 8.04. The summed E-state index contributed by atoms with van der Waals surface area (Å²) in [6.45, 7) is 2.16. The van der Waals surface area contributed by atoms with E-state index in [9.17, 15) is 13.2 Å². The Labute approximate surface area is 135 Å². The maximum atomic E-state index is 12.5. The summed E-state index contributed by atoms with van der Waals surface area (Å²) in [7, 11) is -1.21. The number of carbonyl (C=O) groups excluding carboxylic acids is 1. The van der Waals surface area contributed by atoms with E-state index in [2.05, 4.69) is 9.97 Å². The lowest BCUT2D eigenvalue weighted by atomic mass is 10.2. The van der Waals surface area contributed by atoms with Crippen molar-refractivity contribution in [3.8, 4) is 0 Å². The summed E-state index contributed by atoms with van der Waals surface area (Å²) < 4.78 is 28.5. The van der Waals surface area contributed by atoms with Gasteiger partial charge in [0.25, 0.3) is 5.91 Å². The minimum Gasteiger partial charge on any atom is -0.378 e. The topological polar surface area (TPSA) is 92.7 Å². The Morgan fingerprint density at radius 3 is 2.78 bits per heavy atom. The molecule has 0 aliphatic carbocycles. The van der Waals surface area contributed by atoms with Crippen LogP contribution < -0.4 is 4.90 Å². The molecule has 2 saturated heterocycles. The van der Waals surface area contributed by atoms with Crippen molar-refractivity contribution in [2.75, 3.05) is 49.8 Å². The Balaban J connectivity index is 1.75. The van der Waals surface area contributed by atoms with E-state index in [1.54, 1.807) is 22.9 Å². The summed E-state index contributed by atoms with van der Waals surface area (Å²) in [5.41, 5.74) is 0.324. The zero-order chi connectivity index (χ0) is 16.4. The summed E-state index contributed by atoms with van der Waals surface area (Å²) in [5.74, 6) is 0.527. The fourth-order valence-electron chi connectivity index (χ4n) is 2.81. The molecule has 1 amide bonds. The molecular weight excluding hydrogens is 320 g/mol. The number of carbonyl (C=O) groups is 1. The van der Waals surface area contributed by atoms with Crippen LogP contribution in [-0.2, 0) is 14.6 Å². The Morgan fingerprint density at radius 1 is 1.39 bits per heavy atom. The van der Waals surface area contributed by atoms with Crippen molar-refractivity contribution in [2.24, 2.45) is 0 Å². The molecule has 0 radical (unpaired) electrons. The van der Waals surface area contributed by atoms with Crippen LogP contribution in [0.5, 0.6) is 0 Å². The number of amides is 1. The van der Waals surface area contributed by atoms with Gasteiger partial charge in [-0.2, -0.15) is 0 Å². The quantitative estimate of drug-likeness (QED) is 0.737. The first-order valence-electron chi connectivity index (χ1n) is 7.59. The average Bonchev–Trinajstić information content (AvgIpc) is 2.94. The van der Waals surface area contributed by atoms with Gasteiger partial charge in [0, 0.05) is 32.4 Å². The summed E-state index contributed by atoms with van der Waals surface area (Å²) in [6.07, 6.45) is 2.10. The fourth-order valence-corrected chi connectivity index (χ4v) is 4.58. The van der Waals surface area contributed by atoms with Gasteiger partial charge in [-0.15, -0.1) is 0 Å². The number of hydrogen-bond acceptors (Lipinski definition) is 7. The predicted molar refractivity (Wildman–Crippen MR) is 84.2 cm³/mol. The van der Waals surface area contributed by atoms with Crippen molar-refractivity contribution < 1.29 is 17.9 Å². The van der Waals surface area contributed by atoms with Gasteiger partial charge in [0.15, 0.2) is 9.84 Å². The van der Waals surface area contributed by atoms with Crippen LogP contribution in [0.3, 0.4) is 0 Å². The first kappa shape index (κ1) is 16.1. The monoisotopic (exact) mass is 340 g/mol. The van der Waals surface area contributed by atoms with E-state index in [0.29, 0.717) is 44.4 Å². The van der Waals surface area contributed by atoms with Gasteiger partial charge >= 0.3 is 0 Å². The van der Waals surface area contributed by atoms with Gasteiger partial charge in [0.2, 0.25) is 5.95 Å². The van der Waals surface area contributed by atoms with E-state index in [-0.39, 0.29) is 23.5 Å². The number of morpholine rings is 1. The smallest absolute Gasteiger partial charge is 0.272 e. The zero-order valence-electron chi connectivity index (χ0n) is 13.0. The molecule has 0 N–H and O–H groups in total. The van der Waals surface area contributed by atoms with Crippen LogP contribution in [-0.4, -0.2) is 80.1 Å². The van der Waals surface area contributed by atoms with Crippen molar-refractivity contribution in [2.45, 2.75) is 12.5 Å². The molecule has 3 rings (SSSR count). The van der Waals surface area contributed by atoms with Crippen LogP contribution >= 0.6 is 0 Å². The van der Waals surface area contributed by atoms with Crippen LogP contribution in [0.25, 0.3) is 0 Å². The molecule has 2 aliphatic rings. The van der Waals surface area contributed by atoms with Crippen LogP contribution in [0, 0.1) is 0 Å². The van der Waals surface area contributed by atoms with Crippen molar-refractivity contribution in [1.29, 1.82) is 0 Å². The van der Waals surface area contributed by atoms with E-state index < -0.39 is 9.84 Å². The highest BCUT2D eigenvalue weighted by molar-refractivity contribution is 7.91. The standard InChI is InChI=1S/C14H20N4O4S/c1-17(11-3-9-23(20,21)10-11)14-15-4-2-12(16-14)13(19)18-5-7-22-8-6-18/h2,4,11H,3,5-10H2,1H3. The second-order valence-electron chi connectivity index (χ2n) is 5.81. The first-order valence-corrected chi connectivity index (χ1v) is 9.42. The normalized spacial score (nSPS) is 23.7. The molecule has 1 atom stereocenters. The summed E-state index contributed by atoms with van der Waals surface area (Å²) in [5, 5.41) is 0. The second kappa shape index (κ2) is 6.40. The lowest BCUT2D eigenvalue weighted by Crippen LogP contribution is -2.41. The number of aromatic nitrogens is 2. The van der Waals surface area contributed by atoms with Crippen LogP contribution in [0.2, 0.25) is 0 Å². The van der Waals surface area contributed by atoms with Crippen LogP contribution in [0.15, 0.2) is 12.3 Å². The van der Waals surface area contributed by atoms with Gasteiger partial charge in [-0.1, -0.05) is 0 Å². The Kier molecular flexibility index (Phi) is 4.49. The molecule has 3 heterocycles. The fraction of sp³-hybridized carbons (Fsp3) is 0.643.